The SMILES string of the molecule is CCc1nc(N)c(C)c(NCCc2nncn2C)n1. The van der Waals surface area contributed by atoms with Crippen molar-refractivity contribution < 1.29 is 0 Å². The van der Waals surface area contributed by atoms with Crippen LogP contribution >= 0.6 is 0 Å². The van der Waals surface area contributed by atoms with Crippen LogP contribution in [0.3, 0.4) is 0 Å². The van der Waals surface area contributed by atoms with Crippen LogP contribution in [-0.2, 0) is 19.9 Å². The highest BCUT2D eigenvalue weighted by Gasteiger charge is 2.08. The van der Waals surface area contributed by atoms with E-state index in [0.29, 0.717) is 5.82 Å². The minimum absolute atomic E-state index is 0.535. The maximum absolute atomic E-state index is 5.87. The van der Waals surface area contributed by atoms with Gasteiger partial charge in [0.25, 0.3) is 0 Å². The summed E-state index contributed by atoms with van der Waals surface area (Å²) in [7, 11) is 1.93. The first-order chi connectivity index (χ1) is 9.11. The summed E-state index contributed by atoms with van der Waals surface area (Å²) < 4.78 is 1.90. The number of nitrogens with two attached hydrogens (primary N) is 1. The Morgan fingerprint density at radius 2 is 2.16 bits per heavy atom. The Hall–Kier alpha value is -2.18. The third-order valence-corrected chi connectivity index (χ3v) is 2.99. The molecule has 2 rings (SSSR count). The van der Waals surface area contributed by atoms with E-state index >= 15 is 0 Å². The molecule has 7 nitrogen and oxygen atoms in total. The Labute approximate surface area is 112 Å². The lowest BCUT2D eigenvalue weighted by molar-refractivity contribution is 0.786. The summed E-state index contributed by atoms with van der Waals surface area (Å²) in [6.45, 7) is 4.65. The fourth-order valence-corrected chi connectivity index (χ4v) is 1.74. The number of aromatic nitrogens is 5. The average molecular weight is 261 g/mol. The molecule has 3 N–H and O–H groups in total. The molecule has 0 spiro atoms. The quantitative estimate of drug-likeness (QED) is 0.823. The predicted octanol–water partition coefficient (Wildman–Crippen LogP) is 0.713. The minimum atomic E-state index is 0.535. The molecule has 0 aromatic carbocycles. The second-order valence-electron chi connectivity index (χ2n) is 4.39. The van der Waals surface area contributed by atoms with Crippen molar-refractivity contribution in [3.63, 3.8) is 0 Å². The van der Waals surface area contributed by atoms with Gasteiger partial charge in [0, 0.05) is 32.0 Å². The van der Waals surface area contributed by atoms with Gasteiger partial charge in [0.1, 0.15) is 29.6 Å². The lowest BCUT2D eigenvalue weighted by Crippen LogP contribution is -2.13. The van der Waals surface area contributed by atoms with Crippen LogP contribution in [0.4, 0.5) is 11.6 Å². The molecule has 0 atom stereocenters. The number of anilines is 2. The largest absolute Gasteiger partial charge is 0.383 e. The normalized spacial score (nSPS) is 10.7. The van der Waals surface area contributed by atoms with E-state index in [1.54, 1.807) is 6.33 Å². The zero-order chi connectivity index (χ0) is 13.8. The molecule has 2 aromatic heterocycles. The van der Waals surface area contributed by atoms with Crippen LogP contribution < -0.4 is 11.1 Å². The van der Waals surface area contributed by atoms with Crippen LogP contribution in [-0.4, -0.2) is 31.3 Å². The number of nitrogen functional groups attached to an aromatic ring is 1. The summed E-state index contributed by atoms with van der Waals surface area (Å²) >= 11 is 0. The number of nitrogens with one attached hydrogen (secondary N) is 1. The van der Waals surface area contributed by atoms with Gasteiger partial charge in [-0.15, -0.1) is 10.2 Å². The Morgan fingerprint density at radius 3 is 2.79 bits per heavy atom. The molecule has 0 aliphatic rings. The standard InChI is InChI=1S/C12H19N7/c1-4-9-16-11(13)8(2)12(17-9)14-6-5-10-18-15-7-19(10)3/h7H,4-6H2,1-3H3,(H3,13,14,16,17). The Balaban J connectivity index is 2.03. The van der Waals surface area contributed by atoms with E-state index in [9.17, 15) is 0 Å². The summed E-state index contributed by atoms with van der Waals surface area (Å²) in [6.07, 6.45) is 3.24. The van der Waals surface area contributed by atoms with Gasteiger partial charge in [0.05, 0.1) is 0 Å². The van der Waals surface area contributed by atoms with Crippen LogP contribution in [0.25, 0.3) is 0 Å². The highest BCUT2D eigenvalue weighted by molar-refractivity contribution is 5.54. The molecule has 0 amide bonds. The first-order valence-corrected chi connectivity index (χ1v) is 6.31. The Bertz CT molecular complexity index is 561. The minimum Gasteiger partial charge on any atom is -0.383 e. The number of hydrogen-bond donors (Lipinski definition) is 2. The van der Waals surface area contributed by atoms with Crippen LogP contribution in [0.2, 0.25) is 0 Å². The van der Waals surface area contributed by atoms with Crippen LogP contribution in [0, 0.1) is 6.92 Å². The van der Waals surface area contributed by atoms with Crippen molar-refractivity contribution in [1.29, 1.82) is 0 Å². The van der Waals surface area contributed by atoms with Crippen molar-refractivity contribution in [3.05, 3.63) is 23.5 Å². The summed E-state index contributed by atoms with van der Waals surface area (Å²) in [5.74, 6) is 3.02. The van der Waals surface area contributed by atoms with E-state index in [4.69, 9.17) is 5.73 Å². The molecule has 102 valence electrons. The van der Waals surface area contributed by atoms with Gasteiger partial charge < -0.3 is 15.6 Å². The molecule has 0 bridgehead atoms. The molecule has 7 heteroatoms. The number of rotatable bonds is 5. The second kappa shape index (κ2) is 5.64. The van der Waals surface area contributed by atoms with Gasteiger partial charge in [0.2, 0.25) is 0 Å². The Morgan fingerprint density at radius 1 is 1.37 bits per heavy atom. The Kier molecular flexibility index (Phi) is 3.94. The van der Waals surface area contributed by atoms with E-state index in [2.05, 4.69) is 25.5 Å². The smallest absolute Gasteiger partial charge is 0.134 e. The van der Waals surface area contributed by atoms with Crippen molar-refractivity contribution in [2.24, 2.45) is 7.05 Å². The van der Waals surface area contributed by atoms with Gasteiger partial charge in [-0.25, -0.2) is 9.97 Å². The van der Waals surface area contributed by atoms with Crippen molar-refractivity contribution >= 4 is 11.6 Å². The molecule has 2 aromatic rings. The topological polar surface area (TPSA) is 94.5 Å². The fraction of sp³-hybridized carbons (Fsp3) is 0.500. The molecular formula is C12H19N7. The second-order valence-corrected chi connectivity index (χ2v) is 4.39. The van der Waals surface area contributed by atoms with Gasteiger partial charge in [-0.3, -0.25) is 0 Å². The van der Waals surface area contributed by atoms with E-state index in [0.717, 1.165) is 42.4 Å². The van der Waals surface area contributed by atoms with Gasteiger partial charge in [-0.1, -0.05) is 6.92 Å². The first-order valence-electron chi connectivity index (χ1n) is 6.31. The molecule has 0 aliphatic carbocycles. The molecule has 0 aliphatic heterocycles. The molecule has 2 heterocycles. The monoisotopic (exact) mass is 261 g/mol. The number of nitrogens with zero attached hydrogens (tertiary/aromatic N) is 5. The van der Waals surface area contributed by atoms with Crippen LogP contribution in [0.15, 0.2) is 6.33 Å². The first kappa shape index (κ1) is 13.3. The third kappa shape index (κ3) is 2.98. The van der Waals surface area contributed by atoms with Gasteiger partial charge >= 0.3 is 0 Å². The summed E-state index contributed by atoms with van der Waals surface area (Å²) in [6, 6.07) is 0. The molecular weight excluding hydrogens is 242 g/mol. The van der Waals surface area contributed by atoms with Crippen molar-refractivity contribution in [3.8, 4) is 0 Å². The van der Waals surface area contributed by atoms with E-state index in [-0.39, 0.29) is 0 Å². The molecule has 0 fully saturated rings. The van der Waals surface area contributed by atoms with Crippen molar-refractivity contribution in [1.82, 2.24) is 24.7 Å². The number of aryl methyl sites for hydroxylation is 2. The van der Waals surface area contributed by atoms with Crippen LogP contribution in [0.1, 0.15) is 24.1 Å². The van der Waals surface area contributed by atoms with E-state index in [1.165, 1.54) is 0 Å². The molecule has 0 saturated heterocycles. The van der Waals surface area contributed by atoms with Gasteiger partial charge in [0.15, 0.2) is 0 Å². The number of hydrogen-bond acceptors (Lipinski definition) is 6. The lowest BCUT2D eigenvalue weighted by atomic mass is 10.3. The van der Waals surface area contributed by atoms with Gasteiger partial charge in [-0.05, 0) is 6.92 Å². The molecule has 0 radical (unpaired) electrons. The summed E-state index contributed by atoms with van der Waals surface area (Å²) in [5, 5.41) is 11.2. The average Bonchev–Trinajstić information content (AvgIpc) is 2.80. The van der Waals surface area contributed by atoms with E-state index in [1.807, 2.05) is 25.5 Å². The lowest BCUT2D eigenvalue weighted by Gasteiger charge is -2.11. The summed E-state index contributed by atoms with van der Waals surface area (Å²) in [5.41, 5.74) is 6.75. The maximum atomic E-state index is 5.87. The summed E-state index contributed by atoms with van der Waals surface area (Å²) in [4.78, 5) is 8.67. The van der Waals surface area contributed by atoms with E-state index < -0.39 is 0 Å². The van der Waals surface area contributed by atoms with Gasteiger partial charge in [-0.2, -0.15) is 0 Å². The maximum Gasteiger partial charge on any atom is 0.134 e. The van der Waals surface area contributed by atoms with Crippen molar-refractivity contribution in [2.45, 2.75) is 26.7 Å². The molecule has 0 saturated carbocycles. The van der Waals surface area contributed by atoms with Crippen molar-refractivity contribution in [2.75, 3.05) is 17.6 Å². The predicted molar refractivity (Wildman–Crippen MR) is 73.8 cm³/mol. The fourth-order valence-electron chi connectivity index (χ4n) is 1.74. The highest BCUT2D eigenvalue weighted by atomic mass is 15.2. The molecule has 0 unspecified atom stereocenters. The highest BCUT2D eigenvalue weighted by Crippen LogP contribution is 2.17. The zero-order valence-electron chi connectivity index (χ0n) is 11.5. The third-order valence-electron chi connectivity index (χ3n) is 2.99. The zero-order valence-corrected chi connectivity index (χ0v) is 11.5. The van der Waals surface area contributed by atoms with Crippen LogP contribution in [0.5, 0.6) is 0 Å². The molecule has 19 heavy (non-hydrogen) atoms.